The Balaban J connectivity index is 2.86. The van der Waals surface area contributed by atoms with Crippen LogP contribution in [-0.2, 0) is 0 Å². The molecule has 0 aliphatic heterocycles. The molecule has 4 nitrogen and oxygen atoms in total. The molecule has 1 radical (unpaired) electrons. The number of nitrogens with zero attached hydrogens (tertiary/aromatic N) is 3. The number of hydrogen-bond acceptors (Lipinski definition) is 3. The molecule has 1 aromatic rings. The van der Waals surface area contributed by atoms with Crippen LogP contribution in [0.2, 0.25) is 0 Å². The fourth-order valence-corrected chi connectivity index (χ4v) is 0.572. The maximum atomic E-state index is 11.1. The summed E-state index contributed by atoms with van der Waals surface area (Å²) in [5.41, 5.74) is 0. The van der Waals surface area contributed by atoms with E-state index in [0.29, 0.717) is 0 Å². The van der Waals surface area contributed by atoms with Crippen LogP contribution < -0.4 is 0 Å². The van der Waals surface area contributed by atoms with Gasteiger partial charge in [-0.3, -0.25) is 4.79 Å². The molecule has 0 bridgehead atoms. The smallest absolute Gasteiger partial charge is 0.291 e. The molecule has 1 aromatic heterocycles. The van der Waals surface area contributed by atoms with Crippen LogP contribution in [0.5, 0.6) is 0 Å². The molecular formula is C7H8N3O. The molecule has 0 atom stereocenters. The van der Waals surface area contributed by atoms with E-state index in [1.165, 1.54) is 11.1 Å². The third-order valence-electron chi connectivity index (χ3n) is 1.11. The van der Waals surface area contributed by atoms with Crippen molar-refractivity contribution < 1.29 is 4.79 Å². The van der Waals surface area contributed by atoms with Crippen LogP contribution in [0, 0.1) is 6.20 Å². The zero-order valence-electron chi connectivity index (χ0n) is 6.40. The Kier molecular flexibility index (Phi) is 2.15. The number of carbonyl (C=O) groups excluding carboxylic acids is 1. The highest BCUT2D eigenvalue weighted by Crippen LogP contribution is 1.90. The standard InChI is InChI=1S/C7H8N3O/c1-10(2)7(11)6-8-4-3-5-9-6/h3-4H,1-2H3. The highest BCUT2D eigenvalue weighted by Gasteiger charge is 2.08. The average Bonchev–Trinajstić information content (AvgIpc) is 2.05. The number of hydrogen-bond donors (Lipinski definition) is 0. The van der Waals surface area contributed by atoms with Gasteiger partial charge >= 0.3 is 0 Å². The molecule has 0 saturated heterocycles. The molecule has 57 valence electrons. The highest BCUT2D eigenvalue weighted by molar-refractivity contribution is 5.89. The summed E-state index contributed by atoms with van der Waals surface area (Å²) in [6.07, 6.45) is 4.03. The summed E-state index contributed by atoms with van der Waals surface area (Å²) in [7, 11) is 3.30. The summed E-state index contributed by atoms with van der Waals surface area (Å²) in [5.74, 6) is -0.0284. The Hall–Kier alpha value is -1.45. The van der Waals surface area contributed by atoms with E-state index in [0.717, 1.165) is 0 Å². The lowest BCUT2D eigenvalue weighted by Crippen LogP contribution is -2.23. The van der Waals surface area contributed by atoms with Gasteiger partial charge in [0.15, 0.2) is 0 Å². The molecule has 0 N–H and O–H groups in total. The van der Waals surface area contributed by atoms with Crippen LogP contribution in [0.3, 0.4) is 0 Å². The Morgan fingerprint density at radius 1 is 1.64 bits per heavy atom. The molecule has 0 spiro atoms. The summed E-state index contributed by atoms with van der Waals surface area (Å²) in [6, 6.07) is 1.55. The maximum Gasteiger partial charge on any atom is 0.291 e. The highest BCUT2D eigenvalue weighted by atomic mass is 16.2. The molecule has 0 aromatic carbocycles. The first-order valence-corrected chi connectivity index (χ1v) is 3.12. The third-order valence-corrected chi connectivity index (χ3v) is 1.11. The van der Waals surface area contributed by atoms with E-state index >= 15 is 0 Å². The molecule has 0 saturated carbocycles. The van der Waals surface area contributed by atoms with Crippen molar-refractivity contribution in [3.05, 3.63) is 24.3 Å². The third kappa shape index (κ3) is 1.73. The predicted octanol–water partition coefficient (Wildman–Crippen LogP) is -0.0214. The van der Waals surface area contributed by atoms with Gasteiger partial charge in [0.25, 0.3) is 5.91 Å². The van der Waals surface area contributed by atoms with Gasteiger partial charge in [0.1, 0.15) is 0 Å². The Morgan fingerprint density at radius 3 is 2.82 bits per heavy atom. The van der Waals surface area contributed by atoms with Crippen molar-refractivity contribution in [1.29, 1.82) is 0 Å². The number of aromatic nitrogens is 2. The summed E-state index contributed by atoms with van der Waals surface area (Å²) in [5, 5.41) is 0. The van der Waals surface area contributed by atoms with E-state index in [1.807, 2.05) is 0 Å². The molecule has 1 rings (SSSR count). The first-order chi connectivity index (χ1) is 5.22. The van der Waals surface area contributed by atoms with E-state index in [2.05, 4.69) is 16.2 Å². The summed E-state index contributed by atoms with van der Waals surface area (Å²) < 4.78 is 0. The van der Waals surface area contributed by atoms with Gasteiger partial charge in [-0.25, -0.2) is 9.97 Å². The summed E-state index contributed by atoms with van der Waals surface area (Å²) in [6.45, 7) is 0. The van der Waals surface area contributed by atoms with Gasteiger partial charge in [-0.1, -0.05) is 0 Å². The van der Waals surface area contributed by atoms with Crippen molar-refractivity contribution in [3.63, 3.8) is 0 Å². The van der Waals surface area contributed by atoms with Crippen molar-refractivity contribution in [3.8, 4) is 0 Å². The minimum atomic E-state index is -0.207. The van der Waals surface area contributed by atoms with Gasteiger partial charge in [-0.15, -0.1) is 0 Å². The fraction of sp³-hybridized carbons (Fsp3) is 0.286. The van der Waals surface area contributed by atoms with Crippen molar-refractivity contribution in [2.24, 2.45) is 0 Å². The fourth-order valence-electron chi connectivity index (χ4n) is 0.572. The zero-order chi connectivity index (χ0) is 8.27. The lowest BCUT2D eigenvalue weighted by molar-refractivity contribution is 0.0815. The van der Waals surface area contributed by atoms with Crippen LogP contribution in [-0.4, -0.2) is 34.9 Å². The Bertz CT molecular complexity index is 245. The lowest BCUT2D eigenvalue weighted by atomic mass is 10.5. The first-order valence-electron chi connectivity index (χ1n) is 3.12. The van der Waals surface area contributed by atoms with Crippen molar-refractivity contribution >= 4 is 5.91 Å². The summed E-state index contributed by atoms with van der Waals surface area (Å²) >= 11 is 0. The van der Waals surface area contributed by atoms with Crippen LogP contribution in [0.1, 0.15) is 10.6 Å². The maximum absolute atomic E-state index is 11.1. The van der Waals surface area contributed by atoms with Gasteiger partial charge in [0, 0.05) is 20.3 Å². The Labute approximate surface area is 64.9 Å². The van der Waals surface area contributed by atoms with Crippen LogP contribution in [0.25, 0.3) is 0 Å². The molecule has 0 fully saturated rings. The van der Waals surface area contributed by atoms with Gasteiger partial charge in [-0.05, 0) is 6.07 Å². The second-order valence-electron chi connectivity index (χ2n) is 2.21. The normalized spacial score (nSPS) is 9.27. The van der Waals surface area contributed by atoms with Crippen molar-refractivity contribution in [1.82, 2.24) is 14.9 Å². The SMILES string of the molecule is CN(C)C(=O)c1n[c]ccn1. The monoisotopic (exact) mass is 150 g/mol. The molecule has 1 heterocycles. The van der Waals surface area contributed by atoms with E-state index in [4.69, 9.17) is 0 Å². The zero-order valence-corrected chi connectivity index (χ0v) is 6.40. The van der Waals surface area contributed by atoms with Gasteiger partial charge in [-0.2, -0.15) is 0 Å². The summed E-state index contributed by atoms with van der Waals surface area (Å²) in [4.78, 5) is 20.0. The first kappa shape index (κ1) is 7.65. The second-order valence-corrected chi connectivity index (χ2v) is 2.21. The van der Waals surface area contributed by atoms with Crippen molar-refractivity contribution in [2.45, 2.75) is 0 Å². The van der Waals surface area contributed by atoms with Gasteiger partial charge in [0.05, 0.1) is 6.20 Å². The van der Waals surface area contributed by atoms with Crippen LogP contribution in [0.4, 0.5) is 0 Å². The molecule has 1 amide bonds. The quantitative estimate of drug-likeness (QED) is 0.565. The topological polar surface area (TPSA) is 46.1 Å². The number of carbonyl (C=O) groups is 1. The van der Waals surface area contributed by atoms with Gasteiger partial charge < -0.3 is 4.90 Å². The number of rotatable bonds is 1. The average molecular weight is 150 g/mol. The Morgan fingerprint density at radius 2 is 2.36 bits per heavy atom. The number of amides is 1. The second kappa shape index (κ2) is 3.09. The van der Waals surface area contributed by atoms with Crippen LogP contribution >= 0.6 is 0 Å². The van der Waals surface area contributed by atoms with E-state index < -0.39 is 0 Å². The van der Waals surface area contributed by atoms with Gasteiger partial charge in [0.2, 0.25) is 5.82 Å². The lowest BCUT2D eigenvalue weighted by Gasteiger charge is -2.06. The molecule has 0 unspecified atom stereocenters. The van der Waals surface area contributed by atoms with Crippen LogP contribution in [0.15, 0.2) is 12.3 Å². The van der Waals surface area contributed by atoms with E-state index in [9.17, 15) is 4.79 Å². The molecule has 4 heteroatoms. The molecular weight excluding hydrogens is 142 g/mol. The van der Waals surface area contributed by atoms with E-state index in [1.54, 1.807) is 20.2 Å². The molecule has 0 aliphatic carbocycles. The van der Waals surface area contributed by atoms with E-state index in [-0.39, 0.29) is 11.7 Å². The minimum absolute atomic E-state index is 0.178. The molecule has 0 aliphatic rings. The minimum Gasteiger partial charge on any atom is -0.342 e. The largest absolute Gasteiger partial charge is 0.342 e. The van der Waals surface area contributed by atoms with Crippen molar-refractivity contribution in [2.75, 3.05) is 14.1 Å². The molecule has 11 heavy (non-hydrogen) atoms. The predicted molar refractivity (Wildman–Crippen MR) is 38.9 cm³/mol.